The summed E-state index contributed by atoms with van der Waals surface area (Å²) in [7, 11) is 3.68. The number of methoxy groups -OCH3 is 1. The first kappa shape index (κ1) is 16.1. The fraction of sp³-hybridized carbons (Fsp3) is 0.316. The van der Waals surface area contributed by atoms with Crippen molar-refractivity contribution in [2.75, 3.05) is 13.7 Å². The predicted molar refractivity (Wildman–Crippen MR) is 89.9 cm³/mol. The largest absolute Gasteiger partial charge is 0.493 e. The van der Waals surface area contributed by atoms with Gasteiger partial charge < -0.3 is 9.47 Å². The van der Waals surface area contributed by atoms with Gasteiger partial charge in [-0.25, -0.2) is 4.57 Å². The van der Waals surface area contributed by atoms with Gasteiger partial charge in [0.05, 0.1) is 13.7 Å². The molecule has 0 aliphatic rings. The molecule has 1 heterocycles. The Morgan fingerprint density at radius 3 is 2.41 bits per heavy atom. The third-order valence-corrected chi connectivity index (χ3v) is 3.42. The van der Waals surface area contributed by atoms with Gasteiger partial charge in [-0.05, 0) is 29.7 Å². The minimum Gasteiger partial charge on any atom is -0.493 e. The molecule has 1 aromatic carbocycles. The van der Waals surface area contributed by atoms with Gasteiger partial charge in [0.25, 0.3) is 0 Å². The van der Waals surface area contributed by atoms with E-state index in [4.69, 9.17) is 9.47 Å². The Bertz CT molecular complexity index is 618. The molecule has 0 bridgehead atoms. The van der Waals surface area contributed by atoms with E-state index in [0.717, 1.165) is 36.5 Å². The van der Waals surface area contributed by atoms with Crippen LogP contribution in [0, 0.1) is 0 Å². The van der Waals surface area contributed by atoms with Gasteiger partial charge >= 0.3 is 0 Å². The molecule has 0 radical (unpaired) electrons. The minimum absolute atomic E-state index is 0.725. The second-order valence-corrected chi connectivity index (χ2v) is 5.24. The number of rotatable bonds is 7. The van der Waals surface area contributed by atoms with E-state index in [0.29, 0.717) is 0 Å². The Kier molecular flexibility index (Phi) is 6.01. The fourth-order valence-electron chi connectivity index (χ4n) is 2.05. The van der Waals surface area contributed by atoms with Gasteiger partial charge in [0, 0.05) is 12.1 Å². The molecule has 0 amide bonds. The molecule has 0 saturated heterocycles. The first-order chi connectivity index (χ1) is 10.7. The molecule has 2 rings (SSSR count). The van der Waals surface area contributed by atoms with Crippen LogP contribution >= 0.6 is 0 Å². The molecule has 1 aromatic heterocycles. The van der Waals surface area contributed by atoms with Crippen LogP contribution in [0.1, 0.15) is 30.9 Å². The zero-order valence-corrected chi connectivity index (χ0v) is 13.6. The molecule has 3 heteroatoms. The molecular formula is C19H24NO2+. The maximum atomic E-state index is 5.75. The second-order valence-electron chi connectivity index (χ2n) is 5.24. The van der Waals surface area contributed by atoms with E-state index < -0.39 is 0 Å². The topological polar surface area (TPSA) is 22.3 Å². The molecule has 0 saturated carbocycles. The third-order valence-electron chi connectivity index (χ3n) is 3.42. The molecule has 0 N–H and O–H groups in total. The van der Waals surface area contributed by atoms with Gasteiger partial charge in [0.15, 0.2) is 23.9 Å². The van der Waals surface area contributed by atoms with Crippen molar-refractivity contribution in [1.82, 2.24) is 0 Å². The summed E-state index contributed by atoms with van der Waals surface area (Å²) in [6, 6.07) is 10.2. The van der Waals surface area contributed by atoms with Gasteiger partial charge in [-0.3, -0.25) is 0 Å². The maximum absolute atomic E-state index is 5.75. The van der Waals surface area contributed by atoms with Crippen molar-refractivity contribution in [3.63, 3.8) is 0 Å². The number of unbranched alkanes of at least 4 members (excludes halogenated alkanes) is 1. The van der Waals surface area contributed by atoms with E-state index in [2.05, 4.69) is 31.2 Å². The van der Waals surface area contributed by atoms with E-state index in [9.17, 15) is 0 Å². The zero-order valence-electron chi connectivity index (χ0n) is 13.6. The van der Waals surface area contributed by atoms with E-state index >= 15 is 0 Å². The number of hydrogen-bond donors (Lipinski definition) is 0. The minimum atomic E-state index is 0.725. The van der Waals surface area contributed by atoms with Crippen molar-refractivity contribution in [2.24, 2.45) is 7.05 Å². The van der Waals surface area contributed by atoms with Crippen molar-refractivity contribution < 1.29 is 14.0 Å². The van der Waals surface area contributed by atoms with E-state index in [-0.39, 0.29) is 0 Å². The lowest BCUT2D eigenvalue weighted by atomic mass is 10.1. The van der Waals surface area contributed by atoms with Crippen LogP contribution in [0.4, 0.5) is 0 Å². The van der Waals surface area contributed by atoms with Gasteiger partial charge in [-0.2, -0.15) is 0 Å². The summed E-state index contributed by atoms with van der Waals surface area (Å²) in [4.78, 5) is 0. The lowest BCUT2D eigenvalue weighted by molar-refractivity contribution is -0.671. The van der Waals surface area contributed by atoms with Gasteiger partial charge in [-0.1, -0.05) is 31.6 Å². The smallest absolute Gasteiger partial charge is 0.169 e. The Labute approximate surface area is 132 Å². The van der Waals surface area contributed by atoms with Crippen molar-refractivity contribution in [3.05, 3.63) is 53.9 Å². The van der Waals surface area contributed by atoms with Crippen molar-refractivity contribution in [3.8, 4) is 11.5 Å². The van der Waals surface area contributed by atoms with E-state index in [1.807, 2.05) is 42.2 Å². The fourth-order valence-corrected chi connectivity index (χ4v) is 2.05. The first-order valence-corrected chi connectivity index (χ1v) is 7.67. The highest BCUT2D eigenvalue weighted by molar-refractivity contribution is 5.70. The normalized spacial score (nSPS) is 10.9. The Morgan fingerprint density at radius 2 is 1.73 bits per heavy atom. The van der Waals surface area contributed by atoms with E-state index in [1.165, 1.54) is 5.56 Å². The van der Waals surface area contributed by atoms with Gasteiger partial charge in [0.2, 0.25) is 0 Å². The molecule has 22 heavy (non-hydrogen) atoms. The highest BCUT2D eigenvalue weighted by Crippen LogP contribution is 2.29. The summed E-state index contributed by atoms with van der Waals surface area (Å²) in [6.07, 6.45) is 10.4. The van der Waals surface area contributed by atoms with Crippen molar-refractivity contribution >= 4 is 12.2 Å². The van der Waals surface area contributed by atoms with Crippen LogP contribution in [0.3, 0.4) is 0 Å². The lowest BCUT2D eigenvalue weighted by Crippen LogP contribution is -2.25. The molecule has 0 unspecified atom stereocenters. The van der Waals surface area contributed by atoms with Gasteiger partial charge in [0.1, 0.15) is 7.05 Å². The summed E-state index contributed by atoms with van der Waals surface area (Å²) in [5.74, 6) is 1.58. The average molecular weight is 298 g/mol. The van der Waals surface area contributed by atoms with Crippen molar-refractivity contribution in [2.45, 2.75) is 19.8 Å². The van der Waals surface area contributed by atoms with Crippen LogP contribution in [0.25, 0.3) is 12.2 Å². The monoisotopic (exact) mass is 298 g/mol. The number of aryl methyl sites for hydroxylation is 1. The summed E-state index contributed by atoms with van der Waals surface area (Å²) in [5.41, 5.74) is 2.26. The Balaban J connectivity index is 2.09. The number of pyridine rings is 1. The quantitative estimate of drug-likeness (QED) is 0.572. The number of aromatic nitrogens is 1. The molecule has 0 fully saturated rings. The standard InChI is InChI=1S/C19H24NO2/c1-4-5-14-22-18-9-8-17(15-19(18)21-3)7-6-16-10-12-20(2)13-11-16/h6-13,15H,4-5,14H2,1-3H3/q+1. The summed E-state index contributed by atoms with van der Waals surface area (Å²) < 4.78 is 13.2. The van der Waals surface area contributed by atoms with Gasteiger partial charge in [-0.15, -0.1) is 0 Å². The number of ether oxygens (including phenoxy) is 2. The molecule has 0 atom stereocenters. The summed E-state index contributed by atoms with van der Waals surface area (Å²) in [6.45, 7) is 2.88. The maximum Gasteiger partial charge on any atom is 0.169 e. The summed E-state index contributed by atoms with van der Waals surface area (Å²) in [5, 5.41) is 0. The highest BCUT2D eigenvalue weighted by Gasteiger charge is 2.04. The molecule has 0 aliphatic heterocycles. The SMILES string of the molecule is CCCCOc1ccc(C=Cc2cc[n+](C)cc2)cc1OC. The Morgan fingerprint density at radius 1 is 1.00 bits per heavy atom. The molecule has 116 valence electrons. The third kappa shape index (κ3) is 4.62. The lowest BCUT2D eigenvalue weighted by Gasteiger charge is -2.10. The predicted octanol–water partition coefficient (Wildman–Crippen LogP) is 3.87. The number of benzene rings is 1. The molecule has 2 aromatic rings. The van der Waals surface area contributed by atoms with E-state index in [1.54, 1.807) is 7.11 Å². The van der Waals surface area contributed by atoms with Crippen LogP contribution in [0.5, 0.6) is 11.5 Å². The molecular weight excluding hydrogens is 274 g/mol. The molecule has 3 nitrogen and oxygen atoms in total. The summed E-state index contributed by atoms with van der Waals surface area (Å²) >= 11 is 0. The second kappa shape index (κ2) is 8.23. The van der Waals surface area contributed by atoms with Crippen LogP contribution in [-0.4, -0.2) is 13.7 Å². The van der Waals surface area contributed by atoms with Crippen LogP contribution in [0.2, 0.25) is 0 Å². The Hall–Kier alpha value is -2.29. The molecule has 0 aliphatic carbocycles. The zero-order chi connectivity index (χ0) is 15.8. The number of hydrogen-bond acceptors (Lipinski definition) is 2. The van der Waals surface area contributed by atoms with Crippen molar-refractivity contribution in [1.29, 1.82) is 0 Å². The highest BCUT2D eigenvalue weighted by atomic mass is 16.5. The van der Waals surface area contributed by atoms with Crippen LogP contribution < -0.4 is 14.0 Å². The number of nitrogens with zero attached hydrogens (tertiary/aromatic N) is 1. The molecule has 0 spiro atoms. The average Bonchev–Trinajstić information content (AvgIpc) is 2.55. The first-order valence-electron chi connectivity index (χ1n) is 7.67. The van der Waals surface area contributed by atoms with Crippen LogP contribution in [-0.2, 0) is 7.05 Å². The van der Waals surface area contributed by atoms with Crippen LogP contribution in [0.15, 0.2) is 42.7 Å².